The van der Waals surface area contributed by atoms with Crippen LogP contribution in [0.1, 0.15) is 75.1 Å². The lowest BCUT2D eigenvalue weighted by atomic mass is 9.88. The number of amides is 1. The van der Waals surface area contributed by atoms with Crippen molar-refractivity contribution in [3.8, 4) is 21.8 Å². The second kappa shape index (κ2) is 16.0. The molecule has 2 aliphatic heterocycles. The summed E-state index contributed by atoms with van der Waals surface area (Å²) in [7, 11) is -2.55. The quantitative estimate of drug-likeness (QED) is 0.0700. The summed E-state index contributed by atoms with van der Waals surface area (Å²) in [5.74, 6) is 1.08. The number of piperidine rings is 1. The Balaban J connectivity index is 1.23. The summed E-state index contributed by atoms with van der Waals surface area (Å²) in [5.41, 5.74) is 5.30. The van der Waals surface area contributed by atoms with Gasteiger partial charge in [0.2, 0.25) is 0 Å². The summed E-state index contributed by atoms with van der Waals surface area (Å²) in [6, 6.07) is 8.82. The van der Waals surface area contributed by atoms with E-state index in [0.717, 1.165) is 89.6 Å². The van der Waals surface area contributed by atoms with E-state index in [1.54, 1.807) is 11.3 Å². The van der Waals surface area contributed by atoms with Crippen molar-refractivity contribution in [1.82, 2.24) is 29.5 Å². The molecule has 2 bridgehead atoms. The van der Waals surface area contributed by atoms with Crippen molar-refractivity contribution in [3.63, 3.8) is 0 Å². The van der Waals surface area contributed by atoms with Crippen LogP contribution in [-0.2, 0) is 27.1 Å². The van der Waals surface area contributed by atoms with Gasteiger partial charge in [-0.05, 0) is 83.9 Å². The molecule has 4 aromatic heterocycles. The zero-order valence-corrected chi connectivity index (χ0v) is 37.3. The normalized spacial score (nSPS) is 20.0. The van der Waals surface area contributed by atoms with Gasteiger partial charge in [0, 0.05) is 81.3 Å². The molecule has 0 radical (unpaired) electrons. The largest absolute Gasteiger partial charge is 0.444 e. The van der Waals surface area contributed by atoms with Crippen molar-refractivity contribution in [2.75, 3.05) is 31.6 Å². The van der Waals surface area contributed by atoms with Crippen LogP contribution >= 0.6 is 11.3 Å². The molecule has 2 saturated heterocycles. The van der Waals surface area contributed by atoms with Crippen LogP contribution in [0.4, 0.5) is 10.6 Å². The summed E-state index contributed by atoms with van der Waals surface area (Å²) in [6.07, 6.45) is 10.7. The molecule has 7 rings (SSSR count). The minimum atomic E-state index is -1.28. The number of carbonyl (C=O) groups is 1. The van der Waals surface area contributed by atoms with Gasteiger partial charge in [-0.2, -0.15) is 9.61 Å². The van der Waals surface area contributed by atoms with Gasteiger partial charge in [0.05, 0.1) is 17.6 Å². The number of carbonyl (C=O) groups excluding carboxylic acids is 1. The van der Waals surface area contributed by atoms with Crippen molar-refractivity contribution in [2.45, 2.75) is 141 Å². The zero-order valence-electron chi connectivity index (χ0n) is 34.5. The second-order valence-corrected chi connectivity index (χ2v) is 31.5. The third kappa shape index (κ3) is 9.69. The highest BCUT2D eigenvalue weighted by Crippen LogP contribution is 2.44. The second-order valence-electron chi connectivity index (χ2n) is 19.2. The van der Waals surface area contributed by atoms with E-state index in [1.807, 2.05) is 42.6 Å². The number of ether oxygens (including phenoxy) is 3. The van der Waals surface area contributed by atoms with E-state index >= 15 is 0 Å². The summed E-state index contributed by atoms with van der Waals surface area (Å²) >= 11 is 1.77. The molecule has 0 N–H and O–H groups in total. The van der Waals surface area contributed by atoms with Crippen molar-refractivity contribution in [1.29, 1.82) is 0 Å². The highest BCUT2D eigenvalue weighted by Gasteiger charge is 2.45. The maximum Gasteiger partial charge on any atom is 0.410 e. The van der Waals surface area contributed by atoms with E-state index in [1.165, 1.54) is 17.0 Å². The van der Waals surface area contributed by atoms with Gasteiger partial charge >= 0.3 is 6.09 Å². The monoisotopic (exact) mass is 803 g/mol. The molecule has 14 heteroatoms. The average Bonchev–Trinajstić information content (AvgIpc) is 3.88. The number of aromatic nitrogens is 5. The van der Waals surface area contributed by atoms with E-state index in [9.17, 15) is 4.79 Å². The van der Waals surface area contributed by atoms with Gasteiger partial charge in [-0.3, -0.25) is 4.98 Å². The third-order valence-corrected chi connectivity index (χ3v) is 15.5. The standard InChI is InChI=1S/C41H61N7O4SSi2/c1-41(2,3)52-40(49)47-30-14-15-31(47)22-29(21-30)35-23-37(46(26-50-17-19-54(4,5)6)27-51-18-20-55(7,8)9)48-38(44-35)32(25-43-48)28-13-16-34(42-24-28)39-45-33-11-10-12-36(33)53-39/h13,16,23-25,29-31H,10-12,14-15,17-22,26-27H2,1-9H3/t29-,30-,31?/m0/s1. The summed E-state index contributed by atoms with van der Waals surface area (Å²) in [4.78, 5) is 34.2. The Labute approximate surface area is 333 Å². The van der Waals surface area contributed by atoms with Gasteiger partial charge < -0.3 is 24.0 Å². The molecule has 4 aromatic rings. The van der Waals surface area contributed by atoms with Crippen molar-refractivity contribution >= 4 is 45.0 Å². The molecule has 3 aliphatic rings. The first-order valence-electron chi connectivity index (χ1n) is 20.3. The minimum Gasteiger partial charge on any atom is -0.444 e. The highest BCUT2D eigenvalue weighted by molar-refractivity contribution is 7.15. The third-order valence-electron chi connectivity index (χ3n) is 10.9. The van der Waals surface area contributed by atoms with Crippen LogP contribution < -0.4 is 4.90 Å². The van der Waals surface area contributed by atoms with Crippen LogP contribution in [-0.4, -0.2) is 96.1 Å². The van der Waals surface area contributed by atoms with Gasteiger partial charge in [-0.25, -0.2) is 14.8 Å². The predicted octanol–water partition coefficient (Wildman–Crippen LogP) is 9.48. The predicted molar refractivity (Wildman–Crippen MR) is 227 cm³/mol. The first kappa shape index (κ1) is 40.0. The number of thiazole rings is 1. The van der Waals surface area contributed by atoms with Gasteiger partial charge in [0.25, 0.3) is 0 Å². The van der Waals surface area contributed by atoms with Crippen LogP contribution in [0.5, 0.6) is 0 Å². The fourth-order valence-corrected chi connectivity index (χ4v) is 10.5. The SMILES string of the molecule is CC(C)(C)OC(=O)N1C2CC[C@H]1C[C@H](c1cc(N(COCC[Si](C)(C)C)COCC[Si](C)(C)C)n3ncc(-c4ccc(-c5nc6c(s5)CCC6)nc4)c3n1)C2. The molecule has 6 heterocycles. The molecular weight excluding hydrogens is 743 g/mol. The van der Waals surface area contributed by atoms with Crippen molar-refractivity contribution in [3.05, 3.63) is 46.9 Å². The van der Waals surface area contributed by atoms with E-state index in [-0.39, 0.29) is 24.1 Å². The molecule has 3 atom stereocenters. The average molecular weight is 804 g/mol. The number of hydrogen-bond acceptors (Lipinski definition) is 10. The number of pyridine rings is 1. The molecule has 0 saturated carbocycles. The number of hydrogen-bond donors (Lipinski definition) is 0. The summed E-state index contributed by atoms with van der Waals surface area (Å²) in [5, 5.41) is 5.96. The number of anilines is 1. The van der Waals surface area contributed by atoms with Crippen molar-refractivity contribution in [2.24, 2.45) is 0 Å². The first-order chi connectivity index (χ1) is 26.0. The Kier molecular flexibility index (Phi) is 11.6. The summed E-state index contributed by atoms with van der Waals surface area (Å²) < 4.78 is 20.6. The first-order valence-corrected chi connectivity index (χ1v) is 28.5. The van der Waals surface area contributed by atoms with Crippen LogP contribution in [0.25, 0.3) is 27.5 Å². The molecule has 0 spiro atoms. The lowest BCUT2D eigenvalue weighted by Crippen LogP contribution is -2.48. The molecule has 11 nitrogen and oxygen atoms in total. The smallest absolute Gasteiger partial charge is 0.410 e. The summed E-state index contributed by atoms with van der Waals surface area (Å²) in [6.45, 7) is 22.3. The number of aryl methyl sites for hydroxylation is 2. The lowest BCUT2D eigenvalue weighted by Gasteiger charge is -2.39. The topological polar surface area (TPSA) is 107 Å². The molecular formula is C41H61N7O4SSi2. The Morgan fingerprint density at radius 3 is 2.18 bits per heavy atom. The molecule has 1 aliphatic carbocycles. The number of rotatable bonds is 14. The molecule has 1 amide bonds. The lowest BCUT2D eigenvalue weighted by molar-refractivity contribution is 0.00568. The molecule has 0 aromatic carbocycles. The van der Waals surface area contributed by atoms with Gasteiger partial charge in [-0.15, -0.1) is 11.3 Å². The van der Waals surface area contributed by atoms with Crippen LogP contribution in [0.2, 0.25) is 51.4 Å². The van der Waals surface area contributed by atoms with Crippen LogP contribution in [0.15, 0.2) is 30.6 Å². The molecule has 1 unspecified atom stereocenters. The Morgan fingerprint density at radius 1 is 0.927 bits per heavy atom. The molecule has 55 heavy (non-hydrogen) atoms. The maximum atomic E-state index is 13.4. The van der Waals surface area contributed by atoms with E-state index < -0.39 is 21.7 Å². The molecule has 2 fully saturated rings. The van der Waals surface area contributed by atoms with Crippen LogP contribution in [0, 0.1) is 0 Å². The van der Waals surface area contributed by atoms with E-state index in [2.05, 4.69) is 62.4 Å². The van der Waals surface area contributed by atoms with E-state index in [4.69, 9.17) is 34.3 Å². The maximum absolute atomic E-state index is 13.4. The Hall–Kier alpha value is -3.18. The zero-order chi connectivity index (χ0) is 39.1. The number of fused-ring (bicyclic) bond motifs is 4. The van der Waals surface area contributed by atoms with Crippen molar-refractivity contribution < 1.29 is 19.0 Å². The van der Waals surface area contributed by atoms with Crippen LogP contribution in [0.3, 0.4) is 0 Å². The highest BCUT2D eigenvalue weighted by atomic mass is 32.1. The fraction of sp³-hybridized carbons (Fsp3) is 0.634. The van der Waals surface area contributed by atoms with Gasteiger partial charge in [0.1, 0.15) is 29.9 Å². The van der Waals surface area contributed by atoms with Gasteiger partial charge in [-0.1, -0.05) is 45.3 Å². The molecule has 298 valence electrons. The number of nitrogens with zero attached hydrogens (tertiary/aromatic N) is 7. The Bertz CT molecular complexity index is 1910. The Morgan fingerprint density at radius 2 is 1.60 bits per heavy atom. The van der Waals surface area contributed by atoms with Gasteiger partial charge in [0.15, 0.2) is 5.65 Å². The fourth-order valence-electron chi connectivity index (χ4n) is 7.89. The minimum absolute atomic E-state index is 0.124. The van der Waals surface area contributed by atoms with E-state index in [0.29, 0.717) is 26.7 Å².